The highest BCUT2D eigenvalue weighted by Gasteiger charge is 2.47. The SMILES string of the molecule is C.CO[C@@H](C(=O)C[C@H]1COc2c(cccc2-c2ccccc2)CC1=O)[C@H](O)[C@@H](O)[C@H](O)/C=C/C1CCCC1.CO[C@H]1C(=O)O[C@@H]([C@H](O)/C=C/C2CCCC2)[C@H]1O.Cl.N[C@H]1COc2c(cccc2-c2ccccc2)CC1=O. The summed E-state index contributed by atoms with van der Waals surface area (Å²) in [6, 6.07) is 30.8. The van der Waals surface area contributed by atoms with E-state index < -0.39 is 72.5 Å². The number of esters is 1. The lowest BCUT2D eigenvalue weighted by Gasteiger charge is -2.27. The smallest absolute Gasteiger partial charge is 0.338 e. The molecule has 412 valence electrons. The largest absolute Gasteiger partial charge is 0.492 e. The first-order valence-electron chi connectivity index (χ1n) is 25.7. The van der Waals surface area contributed by atoms with Crippen molar-refractivity contribution in [2.75, 3.05) is 27.4 Å². The van der Waals surface area contributed by atoms with Gasteiger partial charge in [-0.05, 0) is 48.6 Å². The van der Waals surface area contributed by atoms with Crippen molar-refractivity contribution in [2.24, 2.45) is 23.5 Å². The van der Waals surface area contributed by atoms with E-state index >= 15 is 0 Å². The van der Waals surface area contributed by atoms with E-state index in [1.807, 2.05) is 109 Å². The molecule has 76 heavy (non-hydrogen) atoms. The molecule has 5 aliphatic rings. The molecule has 10 atom stereocenters. The van der Waals surface area contributed by atoms with E-state index in [4.69, 9.17) is 29.4 Å². The van der Waals surface area contributed by atoms with Crippen LogP contribution >= 0.6 is 12.4 Å². The fraction of sp³-hybridized carbons (Fsp3) is 0.467. The van der Waals surface area contributed by atoms with Gasteiger partial charge in [0.25, 0.3) is 0 Å². The number of carbonyl (C=O) groups is 4. The Morgan fingerprint density at radius 2 is 1.18 bits per heavy atom. The van der Waals surface area contributed by atoms with Crippen LogP contribution in [0.15, 0.2) is 121 Å². The monoisotopic (exact) mass is 1070 g/mol. The summed E-state index contributed by atoms with van der Waals surface area (Å²) in [7, 11) is 2.59. The average Bonchev–Trinajstić information content (AvgIpc) is 4.17. The number of aliphatic hydroxyl groups excluding tert-OH is 5. The number of ether oxygens (including phenoxy) is 5. The van der Waals surface area contributed by atoms with Gasteiger partial charge in [-0.15, -0.1) is 12.4 Å². The van der Waals surface area contributed by atoms with Crippen molar-refractivity contribution in [1.82, 2.24) is 0 Å². The Hall–Kier alpha value is -5.59. The molecule has 4 aromatic carbocycles. The van der Waals surface area contributed by atoms with E-state index in [2.05, 4.69) is 0 Å². The molecule has 3 heterocycles. The number of methoxy groups -OCH3 is 2. The van der Waals surface area contributed by atoms with Crippen molar-refractivity contribution in [3.63, 3.8) is 0 Å². The average molecular weight is 1070 g/mol. The normalized spacial score (nSPS) is 23.5. The molecule has 2 saturated carbocycles. The summed E-state index contributed by atoms with van der Waals surface area (Å²) in [5, 5.41) is 51.3. The van der Waals surface area contributed by atoms with Gasteiger partial charge in [-0.2, -0.15) is 0 Å². The van der Waals surface area contributed by atoms with Crippen molar-refractivity contribution in [3.05, 3.63) is 132 Å². The van der Waals surface area contributed by atoms with Crippen molar-refractivity contribution < 1.29 is 68.4 Å². The maximum atomic E-state index is 13.1. The number of cyclic esters (lactones) is 1. The molecule has 4 aromatic rings. The van der Waals surface area contributed by atoms with Gasteiger partial charge in [0.2, 0.25) is 0 Å². The molecule has 16 heteroatoms. The molecule has 0 radical (unpaired) electrons. The molecule has 15 nitrogen and oxygen atoms in total. The predicted molar refractivity (Wildman–Crippen MR) is 291 cm³/mol. The van der Waals surface area contributed by atoms with Crippen molar-refractivity contribution in [2.45, 2.75) is 133 Å². The molecule has 3 fully saturated rings. The number of ketones is 3. The van der Waals surface area contributed by atoms with Crippen LogP contribution in [0.5, 0.6) is 11.5 Å². The standard InChI is InChI=1S/C30H36O7.C16H15NO2.C13H20O5.CH4.ClH/c1-36-30(28(35)27(34)24(31)15-14-19-8-5-6-9-19)26(33)17-22-18-37-29-21(16-25(22)32)12-7-13-23(29)20-10-3-2-4-11-20;17-14-10-19-16-12(9-15(14)18)7-4-8-13(16)11-5-2-1-3-6-11;1-17-12-10(15)11(18-13(12)16)9(14)7-6-8-4-2-3-5-8;;/h2-4,7,10-15,19,22,24,27-28,30-31,34-35H,5-6,8-9,16-18H2,1H3;1-8,14H,9-10,17H2;6-12,14-15H,2-5H2,1H3;1H4;1H/b15-14+;;7-6+;;/t22-,24+,27-,28+,30-;14-;9-,10-,11+,12-;;/m001../s1. The topological polar surface area (TPSA) is 242 Å². The second-order valence-corrected chi connectivity index (χ2v) is 19.7. The Balaban J connectivity index is 0.000000230. The van der Waals surface area contributed by atoms with E-state index in [1.54, 1.807) is 6.08 Å². The summed E-state index contributed by atoms with van der Waals surface area (Å²) in [5.41, 5.74) is 11.4. The first-order chi connectivity index (χ1) is 35.8. The molecule has 0 aromatic heterocycles. The van der Waals surface area contributed by atoms with E-state index in [-0.39, 0.29) is 57.5 Å². The molecule has 0 amide bonds. The zero-order valence-electron chi connectivity index (χ0n) is 42.6. The number of hydrogen-bond acceptors (Lipinski definition) is 15. The first-order valence-corrected chi connectivity index (χ1v) is 25.7. The Bertz CT molecular complexity index is 2550. The molecule has 0 bridgehead atoms. The van der Waals surface area contributed by atoms with Crippen LogP contribution in [-0.2, 0) is 46.2 Å². The summed E-state index contributed by atoms with van der Waals surface area (Å²) in [6.07, 6.45) is 6.24. The van der Waals surface area contributed by atoms with E-state index in [0.29, 0.717) is 24.0 Å². The molecule has 0 unspecified atom stereocenters. The number of nitrogens with two attached hydrogens (primary N) is 1. The number of Topliss-reactive ketones (excluding diaryl/α,β-unsaturated/α-hetero) is 3. The van der Waals surface area contributed by atoms with E-state index in [9.17, 15) is 44.7 Å². The number of para-hydroxylation sites is 2. The van der Waals surface area contributed by atoms with Gasteiger partial charge in [-0.3, -0.25) is 14.4 Å². The van der Waals surface area contributed by atoms with Gasteiger partial charge in [-0.25, -0.2) is 4.79 Å². The lowest BCUT2D eigenvalue weighted by atomic mass is 9.90. The van der Waals surface area contributed by atoms with Crippen LogP contribution in [0.3, 0.4) is 0 Å². The Labute approximate surface area is 452 Å². The van der Waals surface area contributed by atoms with Crippen molar-refractivity contribution >= 4 is 35.7 Å². The summed E-state index contributed by atoms with van der Waals surface area (Å²) in [4.78, 5) is 49.3. The van der Waals surface area contributed by atoms with Gasteiger partial charge in [0.1, 0.15) is 60.5 Å². The summed E-state index contributed by atoms with van der Waals surface area (Å²) in [6.45, 7) is 0.263. The molecule has 9 rings (SSSR count). The lowest BCUT2D eigenvalue weighted by Crippen LogP contribution is -2.48. The number of allylic oxidation sites excluding steroid dienone is 2. The van der Waals surface area contributed by atoms with Crippen LogP contribution < -0.4 is 15.2 Å². The molecule has 7 N–H and O–H groups in total. The number of benzene rings is 4. The number of hydrogen-bond donors (Lipinski definition) is 6. The minimum Gasteiger partial charge on any atom is -0.492 e. The van der Waals surface area contributed by atoms with Gasteiger partial charge in [-0.1, -0.05) is 154 Å². The van der Waals surface area contributed by atoms with Gasteiger partial charge < -0.3 is 55.0 Å². The minimum atomic E-state index is -1.65. The quantitative estimate of drug-likeness (QED) is 0.0523. The third kappa shape index (κ3) is 15.8. The maximum Gasteiger partial charge on any atom is 0.338 e. The Morgan fingerprint density at radius 1 is 0.684 bits per heavy atom. The number of aliphatic hydroxyl groups is 5. The number of halogens is 1. The summed E-state index contributed by atoms with van der Waals surface area (Å²) >= 11 is 0. The van der Waals surface area contributed by atoms with E-state index in [1.165, 1.54) is 33.1 Å². The molecule has 1 saturated heterocycles. The molecular formula is C60H76ClNO14. The highest BCUT2D eigenvalue weighted by atomic mass is 35.5. The molecule has 2 aliphatic carbocycles. The molecule has 0 spiro atoms. The highest BCUT2D eigenvalue weighted by Crippen LogP contribution is 2.38. The first kappa shape index (κ1) is 61.3. The van der Waals surface area contributed by atoms with Crippen LogP contribution in [0.1, 0.15) is 76.3 Å². The minimum absolute atomic E-state index is 0. The van der Waals surface area contributed by atoms with Gasteiger partial charge >= 0.3 is 5.97 Å². The van der Waals surface area contributed by atoms with Crippen molar-refractivity contribution in [3.8, 4) is 33.8 Å². The van der Waals surface area contributed by atoms with Crippen LogP contribution in [0.4, 0.5) is 0 Å². The number of carbonyl (C=O) groups excluding carboxylic acids is 4. The van der Waals surface area contributed by atoms with Gasteiger partial charge in [0.05, 0.1) is 18.6 Å². The Morgan fingerprint density at radius 3 is 1.68 bits per heavy atom. The van der Waals surface area contributed by atoms with Crippen molar-refractivity contribution in [1.29, 1.82) is 0 Å². The number of rotatable bonds is 15. The van der Waals surface area contributed by atoms with Crippen LogP contribution in [0, 0.1) is 17.8 Å². The second-order valence-electron chi connectivity index (χ2n) is 19.7. The lowest BCUT2D eigenvalue weighted by molar-refractivity contribution is -0.150. The second kappa shape index (κ2) is 29.8. The zero-order chi connectivity index (χ0) is 52.7. The van der Waals surface area contributed by atoms with Crippen LogP contribution in [0.25, 0.3) is 22.3 Å². The Kier molecular flexibility index (Phi) is 24.0. The fourth-order valence-corrected chi connectivity index (χ4v) is 10.2. The maximum absolute atomic E-state index is 13.1. The predicted octanol–water partition coefficient (Wildman–Crippen LogP) is 6.91. The summed E-state index contributed by atoms with van der Waals surface area (Å²) in [5.74, 6) is 0.283. The van der Waals surface area contributed by atoms with Gasteiger partial charge in [0, 0.05) is 55.7 Å². The van der Waals surface area contributed by atoms with E-state index in [0.717, 1.165) is 77.7 Å². The molecular weight excluding hydrogens is 994 g/mol. The molecule has 3 aliphatic heterocycles. The zero-order valence-corrected chi connectivity index (χ0v) is 43.4. The van der Waals surface area contributed by atoms with Gasteiger partial charge in [0.15, 0.2) is 23.8 Å². The fourth-order valence-electron chi connectivity index (χ4n) is 10.2. The third-order valence-corrected chi connectivity index (χ3v) is 14.5. The summed E-state index contributed by atoms with van der Waals surface area (Å²) < 4.78 is 26.9. The highest BCUT2D eigenvalue weighted by molar-refractivity contribution is 5.93. The number of fused-ring (bicyclic) bond motifs is 2. The van der Waals surface area contributed by atoms with Crippen LogP contribution in [-0.4, -0.2) is 131 Å². The van der Waals surface area contributed by atoms with Crippen LogP contribution in [0.2, 0.25) is 0 Å². The third-order valence-electron chi connectivity index (χ3n) is 14.5.